The van der Waals surface area contributed by atoms with Crippen molar-refractivity contribution < 1.29 is 14.4 Å². The van der Waals surface area contributed by atoms with Gasteiger partial charge in [-0.3, -0.25) is 10.1 Å². The number of nitro benzene ring substituents is 1. The second kappa shape index (κ2) is 5.81. The highest BCUT2D eigenvalue weighted by Crippen LogP contribution is 2.28. The summed E-state index contributed by atoms with van der Waals surface area (Å²) in [4.78, 5) is 22.7. The summed E-state index contributed by atoms with van der Waals surface area (Å²) in [6.45, 7) is 3.57. The summed E-state index contributed by atoms with van der Waals surface area (Å²) in [7, 11) is 0. The van der Waals surface area contributed by atoms with Crippen LogP contribution < -0.4 is 5.63 Å². The Labute approximate surface area is 137 Å². The fourth-order valence-electron chi connectivity index (χ4n) is 2.72. The van der Waals surface area contributed by atoms with Crippen molar-refractivity contribution in [2.24, 2.45) is 0 Å². The molecule has 1 N–H and O–H groups in total. The summed E-state index contributed by atoms with van der Waals surface area (Å²) in [6, 6.07) is 9.37. The van der Waals surface area contributed by atoms with E-state index in [2.05, 4.69) is 0 Å². The fraction of sp³-hybridized carbons (Fsp3) is 0.167. The standard InChI is InChI=1S/C18H15NO5/c1-10-6-14-11(2)15(18(21)24-17(14)9-16(10)20)8-12-4-3-5-13(7-12)19(22)23/h3-7,9,20H,8H2,1-2H3. The smallest absolute Gasteiger partial charge is 0.340 e. The lowest BCUT2D eigenvalue weighted by molar-refractivity contribution is -0.384. The van der Waals surface area contributed by atoms with E-state index < -0.39 is 10.5 Å². The van der Waals surface area contributed by atoms with Crippen LogP contribution in [0.1, 0.15) is 22.3 Å². The second-order valence-corrected chi connectivity index (χ2v) is 5.73. The first kappa shape index (κ1) is 15.7. The van der Waals surface area contributed by atoms with Gasteiger partial charge in [0.1, 0.15) is 11.3 Å². The number of phenols is 1. The largest absolute Gasteiger partial charge is 0.508 e. The molecular weight excluding hydrogens is 310 g/mol. The van der Waals surface area contributed by atoms with Crippen molar-refractivity contribution in [2.75, 3.05) is 0 Å². The number of phenolic OH excluding ortho intramolecular Hbond substituents is 1. The Morgan fingerprint density at radius 2 is 1.96 bits per heavy atom. The minimum absolute atomic E-state index is 0.0175. The van der Waals surface area contributed by atoms with Gasteiger partial charge in [0.25, 0.3) is 5.69 Å². The average Bonchev–Trinajstić information content (AvgIpc) is 2.54. The second-order valence-electron chi connectivity index (χ2n) is 5.73. The Hall–Kier alpha value is -3.15. The summed E-state index contributed by atoms with van der Waals surface area (Å²) in [5, 5.41) is 21.4. The van der Waals surface area contributed by atoms with Gasteiger partial charge in [0.05, 0.1) is 4.92 Å². The number of rotatable bonds is 3. The molecule has 0 atom stereocenters. The van der Waals surface area contributed by atoms with Crippen LogP contribution in [0.2, 0.25) is 0 Å². The van der Waals surface area contributed by atoms with Crippen LogP contribution in [0.15, 0.2) is 45.6 Å². The van der Waals surface area contributed by atoms with Crippen LogP contribution in [0.3, 0.4) is 0 Å². The zero-order valence-electron chi connectivity index (χ0n) is 13.2. The molecule has 2 aromatic carbocycles. The molecule has 0 aliphatic rings. The minimum Gasteiger partial charge on any atom is -0.508 e. The fourth-order valence-corrected chi connectivity index (χ4v) is 2.72. The zero-order chi connectivity index (χ0) is 17.4. The number of nitrogens with zero attached hydrogens (tertiary/aromatic N) is 1. The molecular formula is C18H15NO5. The SMILES string of the molecule is Cc1cc2c(C)c(Cc3cccc([N+](=O)[O-])c3)c(=O)oc2cc1O. The van der Waals surface area contributed by atoms with Crippen LogP contribution in [-0.4, -0.2) is 10.0 Å². The van der Waals surface area contributed by atoms with Gasteiger partial charge >= 0.3 is 5.63 Å². The molecule has 0 amide bonds. The molecule has 122 valence electrons. The van der Waals surface area contributed by atoms with Crippen molar-refractivity contribution in [1.82, 2.24) is 0 Å². The number of aryl methyl sites for hydroxylation is 2. The molecule has 0 bridgehead atoms. The van der Waals surface area contributed by atoms with Crippen molar-refractivity contribution >= 4 is 16.7 Å². The molecule has 0 unspecified atom stereocenters. The zero-order valence-corrected chi connectivity index (χ0v) is 13.2. The highest BCUT2D eigenvalue weighted by atomic mass is 16.6. The number of aromatic hydroxyl groups is 1. The predicted molar refractivity (Wildman–Crippen MR) is 89.5 cm³/mol. The van der Waals surface area contributed by atoms with Gasteiger partial charge < -0.3 is 9.52 Å². The average molecular weight is 325 g/mol. The lowest BCUT2D eigenvalue weighted by Gasteiger charge is -2.09. The molecule has 3 rings (SSSR count). The monoisotopic (exact) mass is 325 g/mol. The van der Waals surface area contributed by atoms with Gasteiger partial charge in [0, 0.05) is 35.6 Å². The quantitative estimate of drug-likeness (QED) is 0.451. The van der Waals surface area contributed by atoms with Crippen LogP contribution in [0.4, 0.5) is 5.69 Å². The molecule has 0 fully saturated rings. The molecule has 3 aromatic rings. The number of nitro groups is 1. The van der Waals surface area contributed by atoms with Crippen LogP contribution in [0.5, 0.6) is 5.75 Å². The van der Waals surface area contributed by atoms with Gasteiger partial charge in [-0.25, -0.2) is 4.79 Å². The molecule has 0 aliphatic carbocycles. The maximum absolute atomic E-state index is 12.3. The Morgan fingerprint density at radius 1 is 1.21 bits per heavy atom. The van der Waals surface area contributed by atoms with E-state index in [9.17, 15) is 20.0 Å². The molecule has 6 nitrogen and oxygen atoms in total. The summed E-state index contributed by atoms with van der Waals surface area (Å²) >= 11 is 0. The third-order valence-corrected chi connectivity index (χ3v) is 4.11. The van der Waals surface area contributed by atoms with Gasteiger partial charge in [0.2, 0.25) is 0 Å². The van der Waals surface area contributed by atoms with Crippen LogP contribution >= 0.6 is 0 Å². The molecule has 0 radical (unpaired) electrons. The Bertz CT molecular complexity index is 1020. The third-order valence-electron chi connectivity index (χ3n) is 4.11. The highest BCUT2D eigenvalue weighted by molar-refractivity contribution is 5.83. The first-order chi connectivity index (χ1) is 11.4. The lowest BCUT2D eigenvalue weighted by Crippen LogP contribution is -2.11. The summed E-state index contributed by atoms with van der Waals surface area (Å²) < 4.78 is 5.31. The van der Waals surface area contributed by atoms with Gasteiger partial charge in [-0.15, -0.1) is 0 Å². The van der Waals surface area contributed by atoms with Crippen molar-refractivity contribution in [3.8, 4) is 5.75 Å². The van der Waals surface area contributed by atoms with E-state index in [1.54, 1.807) is 25.1 Å². The third kappa shape index (κ3) is 2.74. The molecule has 0 saturated heterocycles. The topological polar surface area (TPSA) is 93.6 Å². The summed E-state index contributed by atoms with van der Waals surface area (Å²) in [5.41, 5.74) is 2.34. The van der Waals surface area contributed by atoms with E-state index in [0.29, 0.717) is 22.3 Å². The number of fused-ring (bicyclic) bond motifs is 1. The Morgan fingerprint density at radius 3 is 2.67 bits per heavy atom. The van der Waals surface area contributed by atoms with Crippen molar-refractivity contribution in [3.05, 3.63) is 79.2 Å². The van der Waals surface area contributed by atoms with E-state index in [4.69, 9.17) is 4.42 Å². The number of benzene rings is 2. The summed E-state index contributed by atoms with van der Waals surface area (Å²) in [5.74, 6) is 0.0662. The number of non-ortho nitro benzene ring substituents is 1. The molecule has 24 heavy (non-hydrogen) atoms. The van der Waals surface area contributed by atoms with Crippen molar-refractivity contribution in [3.63, 3.8) is 0 Å². The molecule has 0 aliphatic heterocycles. The van der Waals surface area contributed by atoms with E-state index in [-0.39, 0.29) is 17.9 Å². The Balaban J connectivity index is 2.13. The lowest BCUT2D eigenvalue weighted by atomic mass is 9.98. The van der Waals surface area contributed by atoms with Gasteiger partial charge in [-0.05, 0) is 36.6 Å². The Kier molecular flexibility index (Phi) is 3.81. The van der Waals surface area contributed by atoms with E-state index in [1.165, 1.54) is 18.2 Å². The number of hydrogen-bond donors (Lipinski definition) is 1. The van der Waals surface area contributed by atoms with Crippen LogP contribution in [0, 0.1) is 24.0 Å². The molecule has 0 saturated carbocycles. The van der Waals surface area contributed by atoms with Crippen molar-refractivity contribution in [2.45, 2.75) is 20.3 Å². The van der Waals surface area contributed by atoms with Gasteiger partial charge in [0.15, 0.2) is 0 Å². The van der Waals surface area contributed by atoms with E-state index in [1.807, 2.05) is 6.92 Å². The maximum Gasteiger partial charge on any atom is 0.340 e. The molecule has 0 spiro atoms. The van der Waals surface area contributed by atoms with E-state index in [0.717, 1.165) is 10.9 Å². The number of hydrogen-bond acceptors (Lipinski definition) is 5. The van der Waals surface area contributed by atoms with Crippen molar-refractivity contribution in [1.29, 1.82) is 0 Å². The normalized spacial score (nSPS) is 10.9. The minimum atomic E-state index is -0.505. The molecule has 6 heteroatoms. The van der Waals surface area contributed by atoms with Crippen LogP contribution in [-0.2, 0) is 6.42 Å². The predicted octanol–water partition coefficient (Wildman–Crippen LogP) is 3.61. The van der Waals surface area contributed by atoms with E-state index >= 15 is 0 Å². The van der Waals surface area contributed by atoms with Crippen LogP contribution in [0.25, 0.3) is 11.0 Å². The van der Waals surface area contributed by atoms with Gasteiger partial charge in [-0.2, -0.15) is 0 Å². The highest BCUT2D eigenvalue weighted by Gasteiger charge is 2.15. The van der Waals surface area contributed by atoms with Gasteiger partial charge in [-0.1, -0.05) is 12.1 Å². The molecule has 1 heterocycles. The molecule has 1 aromatic heterocycles. The first-order valence-corrected chi connectivity index (χ1v) is 7.36. The summed E-state index contributed by atoms with van der Waals surface area (Å²) in [6.07, 6.45) is 0.242. The first-order valence-electron chi connectivity index (χ1n) is 7.36. The maximum atomic E-state index is 12.3.